The summed E-state index contributed by atoms with van der Waals surface area (Å²) in [6.45, 7) is 2.16. The Hall–Kier alpha value is -1.76. The number of anilines is 1. The highest BCUT2D eigenvalue weighted by Crippen LogP contribution is 2.20. The zero-order chi connectivity index (χ0) is 11.4. The first-order chi connectivity index (χ1) is 7.81. The van der Waals surface area contributed by atoms with E-state index < -0.39 is 0 Å². The smallest absolute Gasteiger partial charge is 0.0373 e. The maximum absolute atomic E-state index is 3.24. The van der Waals surface area contributed by atoms with Crippen LogP contribution in [0.3, 0.4) is 0 Å². The number of hydrogen-bond acceptors (Lipinski definition) is 1. The van der Waals surface area contributed by atoms with Crippen molar-refractivity contribution in [3.8, 4) is 0 Å². The second-order valence-electron chi connectivity index (χ2n) is 4.01. The van der Waals surface area contributed by atoms with Crippen molar-refractivity contribution in [3.63, 3.8) is 0 Å². The van der Waals surface area contributed by atoms with E-state index in [9.17, 15) is 0 Å². The van der Waals surface area contributed by atoms with Gasteiger partial charge in [-0.05, 0) is 36.1 Å². The fraction of sp³-hybridized carbons (Fsp3) is 0.200. The first-order valence-corrected chi connectivity index (χ1v) is 5.61. The van der Waals surface area contributed by atoms with Crippen molar-refractivity contribution in [2.75, 3.05) is 12.4 Å². The van der Waals surface area contributed by atoms with Crippen LogP contribution in [0.2, 0.25) is 0 Å². The van der Waals surface area contributed by atoms with E-state index >= 15 is 0 Å². The molecule has 2 rings (SSSR count). The number of para-hydroxylation sites is 1. The number of hydrogen-bond donors (Lipinski definition) is 1. The lowest BCUT2D eigenvalue weighted by Gasteiger charge is -2.10. The van der Waals surface area contributed by atoms with Gasteiger partial charge in [0.1, 0.15) is 0 Å². The summed E-state index contributed by atoms with van der Waals surface area (Å²) >= 11 is 0. The zero-order valence-corrected chi connectivity index (χ0v) is 9.83. The third-order valence-corrected chi connectivity index (χ3v) is 2.93. The molecule has 0 aromatic heterocycles. The maximum Gasteiger partial charge on any atom is 0.0373 e. The molecule has 2 aromatic carbocycles. The predicted octanol–water partition coefficient (Wildman–Crippen LogP) is 3.63. The standard InChI is InChI=1S/C15H17N/c1-12-7-3-4-8-13(12)11-14-9-5-6-10-15(14)16-2/h3-10,16H,11H2,1-2H3. The van der Waals surface area contributed by atoms with E-state index in [0.29, 0.717) is 0 Å². The van der Waals surface area contributed by atoms with Gasteiger partial charge < -0.3 is 5.32 Å². The van der Waals surface area contributed by atoms with E-state index in [1.54, 1.807) is 0 Å². The molecule has 0 saturated carbocycles. The van der Waals surface area contributed by atoms with Crippen LogP contribution in [0.4, 0.5) is 5.69 Å². The molecule has 82 valence electrons. The molecular weight excluding hydrogens is 194 g/mol. The fourth-order valence-electron chi connectivity index (χ4n) is 1.93. The van der Waals surface area contributed by atoms with Crippen molar-refractivity contribution in [3.05, 3.63) is 65.2 Å². The van der Waals surface area contributed by atoms with Crippen LogP contribution in [0.5, 0.6) is 0 Å². The van der Waals surface area contributed by atoms with Crippen LogP contribution in [-0.4, -0.2) is 7.05 Å². The lowest BCUT2D eigenvalue weighted by Crippen LogP contribution is -1.97. The van der Waals surface area contributed by atoms with Gasteiger partial charge in [-0.3, -0.25) is 0 Å². The highest BCUT2D eigenvalue weighted by molar-refractivity contribution is 5.52. The van der Waals surface area contributed by atoms with Crippen LogP contribution in [0.15, 0.2) is 48.5 Å². The van der Waals surface area contributed by atoms with Gasteiger partial charge >= 0.3 is 0 Å². The lowest BCUT2D eigenvalue weighted by atomic mass is 9.99. The minimum Gasteiger partial charge on any atom is -0.388 e. The summed E-state index contributed by atoms with van der Waals surface area (Å²) in [6, 6.07) is 17.0. The summed E-state index contributed by atoms with van der Waals surface area (Å²) in [5.74, 6) is 0. The van der Waals surface area contributed by atoms with Crippen molar-refractivity contribution in [2.45, 2.75) is 13.3 Å². The van der Waals surface area contributed by atoms with Crippen molar-refractivity contribution < 1.29 is 0 Å². The van der Waals surface area contributed by atoms with Crippen molar-refractivity contribution >= 4 is 5.69 Å². The normalized spacial score (nSPS) is 10.1. The third-order valence-electron chi connectivity index (χ3n) is 2.93. The molecule has 1 N–H and O–H groups in total. The Bertz CT molecular complexity index is 474. The lowest BCUT2D eigenvalue weighted by molar-refractivity contribution is 1.15. The van der Waals surface area contributed by atoms with Gasteiger partial charge in [0, 0.05) is 12.7 Å². The molecular formula is C15H17N. The van der Waals surface area contributed by atoms with Crippen LogP contribution < -0.4 is 5.32 Å². The quantitative estimate of drug-likeness (QED) is 0.817. The molecule has 0 fully saturated rings. The molecule has 0 bridgehead atoms. The molecule has 0 aliphatic heterocycles. The third kappa shape index (κ3) is 2.25. The molecule has 0 unspecified atom stereocenters. The number of aryl methyl sites for hydroxylation is 1. The highest BCUT2D eigenvalue weighted by atomic mass is 14.8. The van der Waals surface area contributed by atoms with E-state index in [-0.39, 0.29) is 0 Å². The zero-order valence-electron chi connectivity index (χ0n) is 9.83. The first-order valence-electron chi connectivity index (χ1n) is 5.61. The molecule has 0 aliphatic rings. The van der Waals surface area contributed by atoms with Gasteiger partial charge in [0.15, 0.2) is 0 Å². The van der Waals surface area contributed by atoms with Gasteiger partial charge in [-0.2, -0.15) is 0 Å². The number of nitrogens with one attached hydrogen (secondary N) is 1. The van der Waals surface area contributed by atoms with Crippen LogP contribution in [0, 0.1) is 6.92 Å². The van der Waals surface area contributed by atoms with Crippen LogP contribution in [-0.2, 0) is 6.42 Å². The van der Waals surface area contributed by atoms with E-state index in [2.05, 4.69) is 60.8 Å². The van der Waals surface area contributed by atoms with Crippen LogP contribution >= 0.6 is 0 Å². The second kappa shape index (κ2) is 4.84. The number of rotatable bonds is 3. The summed E-state index contributed by atoms with van der Waals surface area (Å²) < 4.78 is 0. The summed E-state index contributed by atoms with van der Waals surface area (Å²) in [4.78, 5) is 0. The molecule has 0 atom stereocenters. The largest absolute Gasteiger partial charge is 0.388 e. The maximum atomic E-state index is 3.24. The summed E-state index contributed by atoms with van der Waals surface area (Å²) in [5, 5.41) is 3.24. The average Bonchev–Trinajstić information content (AvgIpc) is 2.33. The van der Waals surface area contributed by atoms with Gasteiger partial charge in [0.25, 0.3) is 0 Å². The topological polar surface area (TPSA) is 12.0 Å². The van der Waals surface area contributed by atoms with Crippen molar-refractivity contribution in [1.82, 2.24) is 0 Å². The Morgan fingerprint density at radius 3 is 2.19 bits per heavy atom. The summed E-state index contributed by atoms with van der Waals surface area (Å²) in [6.07, 6.45) is 0.990. The fourth-order valence-corrected chi connectivity index (χ4v) is 1.93. The van der Waals surface area contributed by atoms with Crippen molar-refractivity contribution in [1.29, 1.82) is 0 Å². The molecule has 0 saturated heterocycles. The van der Waals surface area contributed by atoms with Gasteiger partial charge in [-0.25, -0.2) is 0 Å². The Morgan fingerprint density at radius 1 is 0.875 bits per heavy atom. The molecule has 0 aliphatic carbocycles. The van der Waals surface area contributed by atoms with Crippen LogP contribution in [0.1, 0.15) is 16.7 Å². The molecule has 0 spiro atoms. The molecule has 0 heterocycles. The van der Waals surface area contributed by atoms with Gasteiger partial charge in [-0.15, -0.1) is 0 Å². The Morgan fingerprint density at radius 2 is 1.50 bits per heavy atom. The summed E-state index contributed by atoms with van der Waals surface area (Å²) in [5.41, 5.74) is 5.31. The SMILES string of the molecule is CNc1ccccc1Cc1ccccc1C. The van der Waals surface area contributed by atoms with E-state index in [4.69, 9.17) is 0 Å². The minimum absolute atomic E-state index is 0.990. The first kappa shape index (κ1) is 10.7. The van der Waals surface area contributed by atoms with Gasteiger partial charge in [-0.1, -0.05) is 42.5 Å². The van der Waals surface area contributed by atoms with E-state index in [1.165, 1.54) is 22.4 Å². The highest BCUT2D eigenvalue weighted by Gasteiger charge is 2.02. The van der Waals surface area contributed by atoms with Gasteiger partial charge in [0.05, 0.1) is 0 Å². The Labute approximate surface area is 97.1 Å². The van der Waals surface area contributed by atoms with E-state index in [0.717, 1.165) is 6.42 Å². The van der Waals surface area contributed by atoms with Crippen LogP contribution in [0.25, 0.3) is 0 Å². The Kier molecular flexibility index (Phi) is 3.25. The number of benzene rings is 2. The molecule has 0 radical (unpaired) electrons. The summed E-state index contributed by atoms with van der Waals surface area (Å²) in [7, 11) is 1.97. The Balaban J connectivity index is 2.30. The minimum atomic E-state index is 0.990. The average molecular weight is 211 g/mol. The molecule has 0 amide bonds. The van der Waals surface area contributed by atoms with Crippen molar-refractivity contribution in [2.24, 2.45) is 0 Å². The molecule has 16 heavy (non-hydrogen) atoms. The monoisotopic (exact) mass is 211 g/mol. The second-order valence-corrected chi connectivity index (χ2v) is 4.01. The van der Waals surface area contributed by atoms with Gasteiger partial charge in [0.2, 0.25) is 0 Å². The predicted molar refractivity (Wildman–Crippen MR) is 70.0 cm³/mol. The molecule has 1 nitrogen and oxygen atoms in total. The van der Waals surface area contributed by atoms with E-state index in [1.807, 2.05) is 7.05 Å². The molecule has 1 heteroatoms. The molecule has 2 aromatic rings.